The van der Waals surface area contributed by atoms with E-state index in [1.54, 1.807) is 13.1 Å². The van der Waals surface area contributed by atoms with Crippen LogP contribution >= 0.6 is 11.6 Å². The molecule has 112 valence electrons. The summed E-state index contributed by atoms with van der Waals surface area (Å²) in [5, 5.41) is 3.34. The lowest BCUT2D eigenvalue weighted by atomic mass is 10.2. The molecule has 20 heavy (non-hydrogen) atoms. The molecule has 0 saturated heterocycles. The maximum absolute atomic E-state index is 12.6. The van der Waals surface area contributed by atoms with E-state index in [1.165, 1.54) is 6.20 Å². The highest BCUT2D eigenvalue weighted by molar-refractivity contribution is 6.33. The van der Waals surface area contributed by atoms with E-state index < -0.39 is 0 Å². The number of rotatable bonds is 8. The summed E-state index contributed by atoms with van der Waals surface area (Å²) in [6, 6.07) is 1.72. The van der Waals surface area contributed by atoms with Crippen LogP contribution in [0.5, 0.6) is 0 Å². The third-order valence-corrected chi connectivity index (χ3v) is 3.49. The molecule has 1 aromatic heterocycles. The number of pyridine rings is 1. The van der Waals surface area contributed by atoms with Gasteiger partial charge in [-0.05, 0) is 18.9 Å². The van der Waals surface area contributed by atoms with Gasteiger partial charge in [-0.25, -0.2) is 4.98 Å². The molecule has 0 saturated carbocycles. The molecule has 0 bridgehead atoms. The van der Waals surface area contributed by atoms with Crippen LogP contribution in [0.3, 0.4) is 0 Å². The lowest BCUT2D eigenvalue weighted by molar-refractivity contribution is 0.0751. The van der Waals surface area contributed by atoms with Crippen LogP contribution < -0.4 is 5.32 Å². The number of carbonyl (C=O) groups excluding carboxylic acids is 1. The molecule has 1 rings (SSSR count). The van der Waals surface area contributed by atoms with Gasteiger partial charge in [0.15, 0.2) is 0 Å². The number of hydrogen-bond acceptors (Lipinski definition) is 3. The van der Waals surface area contributed by atoms with Gasteiger partial charge in [-0.15, -0.1) is 0 Å². The Morgan fingerprint density at radius 2 is 1.90 bits per heavy atom. The molecule has 0 aliphatic heterocycles. The fourth-order valence-corrected chi connectivity index (χ4v) is 2.11. The van der Waals surface area contributed by atoms with Gasteiger partial charge in [0.1, 0.15) is 5.82 Å². The second kappa shape index (κ2) is 8.80. The van der Waals surface area contributed by atoms with Crippen molar-refractivity contribution in [3.63, 3.8) is 0 Å². The Hall–Kier alpha value is -1.29. The molecule has 0 spiro atoms. The standard InChI is InChI=1S/C15H24ClN3O/c1-4-6-8-19(9-7-5-2)15(20)12-10-14(17-3)18-11-13(12)16/h10-11H,4-9H2,1-3H3,(H,17,18). The Morgan fingerprint density at radius 3 is 2.40 bits per heavy atom. The number of nitrogens with zero attached hydrogens (tertiary/aromatic N) is 2. The minimum Gasteiger partial charge on any atom is -0.373 e. The molecule has 5 heteroatoms. The zero-order valence-electron chi connectivity index (χ0n) is 12.6. The van der Waals surface area contributed by atoms with Crippen LogP contribution in [0, 0.1) is 0 Å². The molecule has 4 nitrogen and oxygen atoms in total. The molecule has 0 aromatic carbocycles. The zero-order chi connectivity index (χ0) is 15.0. The monoisotopic (exact) mass is 297 g/mol. The maximum atomic E-state index is 12.6. The van der Waals surface area contributed by atoms with Gasteiger partial charge >= 0.3 is 0 Å². The molecule has 1 heterocycles. The number of halogens is 1. The number of unbranched alkanes of at least 4 members (excludes halogenated alkanes) is 2. The van der Waals surface area contributed by atoms with Crippen molar-refractivity contribution in [2.75, 3.05) is 25.5 Å². The highest BCUT2D eigenvalue weighted by atomic mass is 35.5. The molecule has 0 unspecified atom stereocenters. The summed E-state index contributed by atoms with van der Waals surface area (Å²) >= 11 is 6.12. The van der Waals surface area contributed by atoms with Crippen LogP contribution in [0.1, 0.15) is 49.9 Å². The highest BCUT2D eigenvalue weighted by Crippen LogP contribution is 2.20. The number of nitrogens with one attached hydrogen (secondary N) is 1. The summed E-state index contributed by atoms with van der Waals surface area (Å²) in [5.74, 6) is 0.652. The molecule has 0 aliphatic carbocycles. The number of anilines is 1. The van der Waals surface area contributed by atoms with Gasteiger partial charge in [0, 0.05) is 26.3 Å². The van der Waals surface area contributed by atoms with Gasteiger partial charge in [-0.1, -0.05) is 38.3 Å². The fourth-order valence-electron chi connectivity index (χ4n) is 1.92. The van der Waals surface area contributed by atoms with Crippen molar-refractivity contribution in [2.24, 2.45) is 0 Å². The number of aromatic nitrogens is 1. The van der Waals surface area contributed by atoms with E-state index in [2.05, 4.69) is 24.1 Å². The lowest BCUT2D eigenvalue weighted by Crippen LogP contribution is -2.33. The summed E-state index contributed by atoms with van der Waals surface area (Å²) in [5.41, 5.74) is 0.526. The number of carbonyl (C=O) groups is 1. The predicted octanol–water partition coefficient (Wildman–Crippen LogP) is 3.82. The second-order valence-electron chi connectivity index (χ2n) is 4.80. The topological polar surface area (TPSA) is 45.2 Å². The first-order valence-corrected chi connectivity index (χ1v) is 7.64. The molecule has 1 N–H and O–H groups in total. The van der Waals surface area contributed by atoms with E-state index in [1.807, 2.05) is 4.90 Å². The SMILES string of the molecule is CCCCN(CCCC)C(=O)c1cc(NC)ncc1Cl. The van der Waals surface area contributed by atoms with Gasteiger partial charge in [0.05, 0.1) is 10.6 Å². The normalized spacial score (nSPS) is 10.4. The third kappa shape index (κ3) is 4.67. The van der Waals surface area contributed by atoms with Crippen molar-refractivity contribution in [3.05, 3.63) is 22.8 Å². The van der Waals surface area contributed by atoms with Crippen LogP contribution in [0.25, 0.3) is 0 Å². The van der Waals surface area contributed by atoms with E-state index in [4.69, 9.17) is 11.6 Å². The summed E-state index contributed by atoms with van der Waals surface area (Å²) in [7, 11) is 1.77. The van der Waals surface area contributed by atoms with Gasteiger partial charge in [0.25, 0.3) is 5.91 Å². The van der Waals surface area contributed by atoms with E-state index in [0.717, 1.165) is 38.8 Å². The minimum absolute atomic E-state index is 0.00389. The van der Waals surface area contributed by atoms with Crippen LogP contribution in [0.4, 0.5) is 5.82 Å². The molecular weight excluding hydrogens is 274 g/mol. The van der Waals surface area contributed by atoms with E-state index >= 15 is 0 Å². The molecule has 0 atom stereocenters. The van der Waals surface area contributed by atoms with Gasteiger partial charge in [-0.2, -0.15) is 0 Å². The van der Waals surface area contributed by atoms with E-state index in [9.17, 15) is 4.79 Å². The Balaban J connectivity index is 2.91. The van der Waals surface area contributed by atoms with E-state index in [0.29, 0.717) is 16.4 Å². The van der Waals surface area contributed by atoms with Crippen molar-refractivity contribution < 1.29 is 4.79 Å². The predicted molar refractivity (Wildman–Crippen MR) is 84.5 cm³/mol. The number of amides is 1. The van der Waals surface area contributed by atoms with E-state index in [-0.39, 0.29) is 5.91 Å². The van der Waals surface area contributed by atoms with Gasteiger partial charge < -0.3 is 10.2 Å². The molecule has 1 amide bonds. The summed E-state index contributed by atoms with van der Waals surface area (Å²) in [6.45, 7) is 5.81. The summed E-state index contributed by atoms with van der Waals surface area (Å²) in [6.07, 6.45) is 5.69. The lowest BCUT2D eigenvalue weighted by Gasteiger charge is -2.23. The molecular formula is C15H24ClN3O. The van der Waals surface area contributed by atoms with Crippen molar-refractivity contribution >= 4 is 23.3 Å². The molecule has 1 aromatic rings. The molecule has 0 aliphatic rings. The van der Waals surface area contributed by atoms with Gasteiger partial charge in [0.2, 0.25) is 0 Å². The van der Waals surface area contributed by atoms with Crippen LogP contribution in [0.15, 0.2) is 12.3 Å². The van der Waals surface area contributed by atoms with Crippen LogP contribution in [-0.4, -0.2) is 35.9 Å². The quantitative estimate of drug-likeness (QED) is 0.793. The van der Waals surface area contributed by atoms with Gasteiger partial charge in [-0.3, -0.25) is 4.79 Å². The average molecular weight is 298 g/mol. The fraction of sp³-hybridized carbons (Fsp3) is 0.600. The minimum atomic E-state index is -0.00389. The average Bonchev–Trinajstić information content (AvgIpc) is 2.47. The number of hydrogen-bond donors (Lipinski definition) is 1. The van der Waals surface area contributed by atoms with Crippen LogP contribution in [0.2, 0.25) is 5.02 Å². The second-order valence-corrected chi connectivity index (χ2v) is 5.21. The third-order valence-electron chi connectivity index (χ3n) is 3.19. The van der Waals surface area contributed by atoms with Crippen molar-refractivity contribution in [1.29, 1.82) is 0 Å². The molecule has 0 radical (unpaired) electrons. The first kappa shape index (κ1) is 16.8. The summed E-state index contributed by atoms with van der Waals surface area (Å²) in [4.78, 5) is 18.6. The first-order chi connectivity index (χ1) is 9.63. The zero-order valence-corrected chi connectivity index (χ0v) is 13.3. The highest BCUT2D eigenvalue weighted by Gasteiger charge is 2.18. The Kier molecular flexibility index (Phi) is 7.37. The van der Waals surface area contributed by atoms with Crippen molar-refractivity contribution in [2.45, 2.75) is 39.5 Å². The Labute approximate surface area is 126 Å². The Bertz CT molecular complexity index is 429. The van der Waals surface area contributed by atoms with Crippen LogP contribution in [-0.2, 0) is 0 Å². The van der Waals surface area contributed by atoms with Crippen molar-refractivity contribution in [1.82, 2.24) is 9.88 Å². The molecule has 0 fully saturated rings. The summed E-state index contributed by atoms with van der Waals surface area (Å²) < 4.78 is 0. The maximum Gasteiger partial charge on any atom is 0.255 e. The smallest absolute Gasteiger partial charge is 0.255 e. The van der Waals surface area contributed by atoms with Crippen molar-refractivity contribution in [3.8, 4) is 0 Å². The first-order valence-electron chi connectivity index (χ1n) is 7.26. The Morgan fingerprint density at radius 1 is 1.30 bits per heavy atom. The largest absolute Gasteiger partial charge is 0.373 e.